The SMILES string of the molecule is C=C(C)COc1cc2c(cc1OC)[C@H]1C[C@@H](O)[C@H](CC(C)(C)C)CN1CC2. The molecule has 1 aromatic rings. The first-order valence-electron chi connectivity index (χ1n) is 10.1. The van der Waals surface area contributed by atoms with Crippen molar-refractivity contribution in [3.05, 3.63) is 35.4 Å². The third-order valence-corrected chi connectivity index (χ3v) is 5.72. The number of rotatable bonds is 5. The van der Waals surface area contributed by atoms with Gasteiger partial charge in [-0.25, -0.2) is 0 Å². The monoisotopic (exact) mass is 373 g/mol. The number of fused-ring (bicyclic) bond motifs is 3. The van der Waals surface area contributed by atoms with Crippen LogP contribution in [0, 0.1) is 11.3 Å². The second kappa shape index (κ2) is 7.84. The largest absolute Gasteiger partial charge is 0.493 e. The molecule has 4 nitrogen and oxygen atoms in total. The number of hydrogen-bond acceptors (Lipinski definition) is 4. The minimum atomic E-state index is -0.248. The van der Waals surface area contributed by atoms with Gasteiger partial charge in [0.1, 0.15) is 6.61 Å². The molecule has 0 spiro atoms. The second-order valence-electron chi connectivity index (χ2n) is 9.54. The maximum atomic E-state index is 10.8. The molecule has 0 aliphatic carbocycles. The minimum absolute atomic E-state index is 0.241. The zero-order chi connectivity index (χ0) is 19.8. The second-order valence-corrected chi connectivity index (χ2v) is 9.54. The molecule has 0 unspecified atom stereocenters. The first kappa shape index (κ1) is 20.2. The lowest BCUT2D eigenvalue weighted by Crippen LogP contribution is -2.48. The standard InChI is InChI=1S/C23H35NO3/c1-15(2)14-27-22-9-16-7-8-24-13-17(12-23(3,4)5)20(25)11-19(24)18(16)10-21(22)26-6/h9-10,17,19-20,25H,1,7-8,11-14H2,2-6H3/t17-,19-,20-/m1/s1. The highest BCUT2D eigenvalue weighted by Gasteiger charge is 2.39. The number of ether oxygens (including phenoxy) is 2. The zero-order valence-corrected chi connectivity index (χ0v) is 17.5. The van der Waals surface area contributed by atoms with Gasteiger partial charge in [0.15, 0.2) is 11.5 Å². The third-order valence-electron chi connectivity index (χ3n) is 5.72. The molecule has 3 rings (SSSR count). The molecule has 0 saturated carbocycles. The van der Waals surface area contributed by atoms with E-state index in [-0.39, 0.29) is 17.6 Å². The van der Waals surface area contributed by atoms with E-state index in [2.05, 4.69) is 44.4 Å². The average Bonchev–Trinajstić information content (AvgIpc) is 2.58. The normalized spacial score (nSPS) is 25.5. The van der Waals surface area contributed by atoms with E-state index in [1.165, 1.54) is 11.1 Å². The van der Waals surface area contributed by atoms with Crippen molar-refractivity contribution in [1.29, 1.82) is 0 Å². The predicted octanol–water partition coefficient (Wildman–Crippen LogP) is 4.37. The highest BCUT2D eigenvalue weighted by molar-refractivity contribution is 5.50. The molecule has 2 aliphatic heterocycles. The van der Waals surface area contributed by atoms with E-state index in [0.29, 0.717) is 12.5 Å². The summed E-state index contributed by atoms with van der Waals surface area (Å²) in [7, 11) is 1.69. The lowest BCUT2D eigenvalue weighted by molar-refractivity contribution is -0.0259. The summed E-state index contributed by atoms with van der Waals surface area (Å²) in [6.07, 6.45) is 2.61. The fourth-order valence-electron chi connectivity index (χ4n) is 4.56. The van der Waals surface area contributed by atoms with Crippen molar-refractivity contribution in [2.45, 2.75) is 59.1 Å². The maximum absolute atomic E-state index is 10.8. The van der Waals surface area contributed by atoms with Gasteiger partial charge in [0.05, 0.1) is 13.2 Å². The highest BCUT2D eigenvalue weighted by atomic mass is 16.5. The van der Waals surface area contributed by atoms with Crippen LogP contribution in [0.15, 0.2) is 24.3 Å². The summed E-state index contributed by atoms with van der Waals surface area (Å²) >= 11 is 0. The fraction of sp³-hybridized carbons (Fsp3) is 0.652. The van der Waals surface area contributed by atoms with Crippen LogP contribution in [0.5, 0.6) is 11.5 Å². The van der Waals surface area contributed by atoms with Crippen LogP contribution in [-0.2, 0) is 6.42 Å². The van der Waals surface area contributed by atoms with Crippen molar-refractivity contribution in [3.63, 3.8) is 0 Å². The molecule has 150 valence electrons. The molecule has 1 saturated heterocycles. The van der Waals surface area contributed by atoms with Crippen molar-refractivity contribution in [2.24, 2.45) is 11.3 Å². The molecule has 1 fully saturated rings. The van der Waals surface area contributed by atoms with E-state index in [9.17, 15) is 5.11 Å². The summed E-state index contributed by atoms with van der Waals surface area (Å²) in [6.45, 7) is 15.1. The molecule has 1 N–H and O–H groups in total. The Hall–Kier alpha value is -1.52. The first-order chi connectivity index (χ1) is 12.7. The Bertz CT molecular complexity index is 692. The van der Waals surface area contributed by atoms with Gasteiger partial charge in [0.2, 0.25) is 0 Å². The zero-order valence-electron chi connectivity index (χ0n) is 17.5. The number of benzene rings is 1. The van der Waals surface area contributed by atoms with Gasteiger partial charge >= 0.3 is 0 Å². The van der Waals surface area contributed by atoms with Gasteiger partial charge in [0, 0.05) is 19.1 Å². The number of methoxy groups -OCH3 is 1. The fourth-order valence-corrected chi connectivity index (χ4v) is 4.56. The van der Waals surface area contributed by atoms with E-state index in [1.54, 1.807) is 7.11 Å². The lowest BCUT2D eigenvalue weighted by atomic mass is 9.75. The predicted molar refractivity (Wildman–Crippen MR) is 110 cm³/mol. The van der Waals surface area contributed by atoms with Crippen molar-refractivity contribution >= 4 is 0 Å². The molecule has 0 amide bonds. The Balaban J connectivity index is 1.83. The summed E-state index contributed by atoms with van der Waals surface area (Å²) in [5.74, 6) is 1.90. The van der Waals surface area contributed by atoms with Gasteiger partial charge in [-0.1, -0.05) is 27.4 Å². The van der Waals surface area contributed by atoms with Crippen LogP contribution in [0.3, 0.4) is 0 Å². The maximum Gasteiger partial charge on any atom is 0.161 e. The number of hydrogen-bond donors (Lipinski definition) is 1. The van der Waals surface area contributed by atoms with Crippen molar-refractivity contribution in [1.82, 2.24) is 4.90 Å². The van der Waals surface area contributed by atoms with E-state index in [1.807, 2.05) is 6.92 Å². The molecule has 1 aromatic carbocycles. The smallest absolute Gasteiger partial charge is 0.161 e. The summed E-state index contributed by atoms with van der Waals surface area (Å²) in [5, 5.41) is 10.8. The van der Waals surface area contributed by atoms with E-state index >= 15 is 0 Å². The molecule has 27 heavy (non-hydrogen) atoms. The Morgan fingerprint density at radius 2 is 2.04 bits per heavy atom. The summed E-state index contributed by atoms with van der Waals surface area (Å²) in [4.78, 5) is 2.55. The molecule has 2 aliphatic rings. The quantitative estimate of drug-likeness (QED) is 0.779. The number of nitrogens with zero attached hydrogens (tertiary/aromatic N) is 1. The highest BCUT2D eigenvalue weighted by Crippen LogP contribution is 2.44. The summed E-state index contributed by atoms with van der Waals surface area (Å²) in [5.41, 5.74) is 3.83. The van der Waals surface area contributed by atoms with Gasteiger partial charge in [-0.3, -0.25) is 4.90 Å². The number of aliphatic hydroxyl groups is 1. The van der Waals surface area contributed by atoms with Crippen LogP contribution < -0.4 is 9.47 Å². The van der Waals surface area contributed by atoms with Crippen molar-refractivity contribution in [2.75, 3.05) is 26.8 Å². The van der Waals surface area contributed by atoms with Gasteiger partial charge in [-0.05, 0) is 66.4 Å². The van der Waals surface area contributed by atoms with E-state index in [0.717, 1.165) is 49.4 Å². The van der Waals surface area contributed by atoms with Crippen LogP contribution in [-0.4, -0.2) is 42.9 Å². The van der Waals surface area contributed by atoms with Crippen molar-refractivity contribution < 1.29 is 14.6 Å². The molecular formula is C23H35NO3. The third kappa shape index (κ3) is 4.67. The molecule has 3 atom stereocenters. The summed E-state index contributed by atoms with van der Waals surface area (Å²) in [6, 6.07) is 4.52. The van der Waals surface area contributed by atoms with Crippen LogP contribution in [0.25, 0.3) is 0 Å². The number of aliphatic hydroxyl groups excluding tert-OH is 1. The lowest BCUT2D eigenvalue weighted by Gasteiger charge is -2.47. The van der Waals surface area contributed by atoms with Gasteiger partial charge < -0.3 is 14.6 Å². The van der Waals surface area contributed by atoms with E-state index < -0.39 is 0 Å². The molecule has 0 radical (unpaired) electrons. The van der Waals surface area contributed by atoms with Crippen molar-refractivity contribution in [3.8, 4) is 11.5 Å². The van der Waals surface area contributed by atoms with Gasteiger partial charge in [-0.15, -0.1) is 0 Å². The first-order valence-corrected chi connectivity index (χ1v) is 10.1. The van der Waals surface area contributed by atoms with Gasteiger partial charge in [-0.2, -0.15) is 0 Å². The van der Waals surface area contributed by atoms with Crippen LogP contribution in [0.1, 0.15) is 57.7 Å². The molecule has 0 bridgehead atoms. The van der Waals surface area contributed by atoms with Crippen LogP contribution >= 0.6 is 0 Å². The topological polar surface area (TPSA) is 41.9 Å². The molecule has 4 heteroatoms. The molecular weight excluding hydrogens is 338 g/mol. The van der Waals surface area contributed by atoms with Gasteiger partial charge in [0.25, 0.3) is 0 Å². The Morgan fingerprint density at radius 1 is 1.30 bits per heavy atom. The molecule has 0 aromatic heterocycles. The molecule has 2 heterocycles. The average molecular weight is 374 g/mol. The summed E-state index contributed by atoms with van der Waals surface area (Å²) < 4.78 is 11.5. The minimum Gasteiger partial charge on any atom is -0.493 e. The van der Waals surface area contributed by atoms with E-state index in [4.69, 9.17) is 9.47 Å². The Kier molecular flexibility index (Phi) is 5.87. The van der Waals surface area contributed by atoms with Crippen LogP contribution in [0.4, 0.5) is 0 Å². The van der Waals surface area contributed by atoms with Crippen LogP contribution in [0.2, 0.25) is 0 Å². The number of piperidine rings is 1. The Labute approximate surface area is 164 Å². The Morgan fingerprint density at radius 3 is 2.67 bits per heavy atom.